The van der Waals surface area contributed by atoms with Crippen molar-refractivity contribution in [3.8, 4) is 0 Å². The summed E-state index contributed by atoms with van der Waals surface area (Å²) in [5.74, 6) is -0.126. The number of rotatable bonds is 7. The summed E-state index contributed by atoms with van der Waals surface area (Å²) in [4.78, 5) is 11.6. The van der Waals surface area contributed by atoms with Gasteiger partial charge in [0.05, 0.1) is 25.2 Å². The predicted molar refractivity (Wildman–Crippen MR) is 66.9 cm³/mol. The quantitative estimate of drug-likeness (QED) is 0.406. The first-order chi connectivity index (χ1) is 8.74. The third-order valence-corrected chi connectivity index (χ3v) is 4.22. The number of unbranched alkanes of at least 4 members (excludes halogenated alkanes) is 3. The standard InChI is InChI=1S/C12H21O5P/c1-2-3-4-5-6-11(13)14-7-12-8-15-18(16-9-12)17-10-12/h2-10H2,1H3. The lowest BCUT2D eigenvalue weighted by Gasteiger charge is -2.43. The maximum absolute atomic E-state index is 11.6. The first-order valence-corrected chi connectivity index (χ1v) is 7.68. The van der Waals surface area contributed by atoms with Crippen molar-refractivity contribution in [3.05, 3.63) is 0 Å². The lowest BCUT2D eigenvalue weighted by atomic mass is 9.92. The van der Waals surface area contributed by atoms with Gasteiger partial charge >= 0.3 is 14.6 Å². The molecule has 0 aromatic carbocycles. The Morgan fingerprint density at radius 3 is 2.44 bits per heavy atom. The molecule has 0 atom stereocenters. The fourth-order valence-corrected chi connectivity index (χ4v) is 3.29. The van der Waals surface area contributed by atoms with Crippen molar-refractivity contribution in [1.29, 1.82) is 0 Å². The summed E-state index contributed by atoms with van der Waals surface area (Å²) in [5, 5.41) is 0. The van der Waals surface area contributed by atoms with Crippen molar-refractivity contribution in [1.82, 2.24) is 0 Å². The molecule has 0 radical (unpaired) electrons. The van der Waals surface area contributed by atoms with E-state index in [4.69, 9.17) is 18.3 Å². The molecule has 3 aliphatic heterocycles. The molecule has 104 valence electrons. The summed E-state index contributed by atoms with van der Waals surface area (Å²) in [5.41, 5.74) is -0.282. The zero-order chi connectivity index (χ0) is 12.8. The SMILES string of the molecule is CCCCCCC(=O)OCC12COP(OC1)OC2. The van der Waals surface area contributed by atoms with E-state index in [2.05, 4.69) is 6.92 Å². The van der Waals surface area contributed by atoms with E-state index in [0.717, 1.165) is 12.8 Å². The van der Waals surface area contributed by atoms with Gasteiger partial charge in [0.2, 0.25) is 0 Å². The molecule has 5 nitrogen and oxygen atoms in total. The Hall–Kier alpha value is -0.220. The van der Waals surface area contributed by atoms with Crippen molar-refractivity contribution >= 4 is 14.6 Å². The van der Waals surface area contributed by atoms with E-state index in [9.17, 15) is 4.79 Å². The maximum atomic E-state index is 11.6. The second-order valence-corrected chi connectivity index (χ2v) is 6.24. The van der Waals surface area contributed by atoms with Gasteiger partial charge in [0.25, 0.3) is 0 Å². The Kier molecular flexibility index (Phi) is 5.37. The van der Waals surface area contributed by atoms with Crippen molar-refractivity contribution in [2.45, 2.75) is 39.0 Å². The number of hydrogen-bond donors (Lipinski definition) is 0. The van der Waals surface area contributed by atoms with Crippen molar-refractivity contribution in [2.75, 3.05) is 26.4 Å². The van der Waals surface area contributed by atoms with E-state index >= 15 is 0 Å². The Morgan fingerprint density at radius 2 is 1.83 bits per heavy atom. The molecule has 0 aromatic heterocycles. The third kappa shape index (κ3) is 3.89. The molecule has 6 heteroatoms. The lowest BCUT2D eigenvalue weighted by Crippen LogP contribution is -2.47. The van der Waals surface area contributed by atoms with Crippen molar-refractivity contribution < 1.29 is 23.1 Å². The van der Waals surface area contributed by atoms with Gasteiger partial charge in [-0.1, -0.05) is 26.2 Å². The lowest BCUT2D eigenvalue weighted by molar-refractivity contribution is -0.157. The highest BCUT2D eigenvalue weighted by molar-refractivity contribution is 7.41. The van der Waals surface area contributed by atoms with Gasteiger partial charge in [-0.15, -0.1) is 0 Å². The molecule has 3 saturated heterocycles. The molecule has 0 N–H and O–H groups in total. The van der Waals surface area contributed by atoms with Gasteiger partial charge in [-0.05, 0) is 6.42 Å². The van der Waals surface area contributed by atoms with E-state index in [0.29, 0.717) is 32.8 Å². The van der Waals surface area contributed by atoms with Gasteiger partial charge in [0, 0.05) is 6.42 Å². The maximum Gasteiger partial charge on any atom is 0.332 e. The summed E-state index contributed by atoms with van der Waals surface area (Å²) in [7, 11) is -1.12. The summed E-state index contributed by atoms with van der Waals surface area (Å²) in [6.07, 6.45) is 4.86. The molecule has 3 aliphatic rings. The van der Waals surface area contributed by atoms with E-state index in [1.807, 2.05) is 0 Å². The van der Waals surface area contributed by atoms with Crippen LogP contribution in [0.1, 0.15) is 39.0 Å². The average Bonchev–Trinajstić information content (AvgIpc) is 2.44. The Labute approximate surface area is 109 Å². The second kappa shape index (κ2) is 6.80. The average molecular weight is 276 g/mol. The van der Waals surface area contributed by atoms with Crippen LogP contribution in [0.25, 0.3) is 0 Å². The van der Waals surface area contributed by atoms with Crippen LogP contribution in [0, 0.1) is 5.41 Å². The minimum absolute atomic E-state index is 0.126. The van der Waals surface area contributed by atoms with Crippen LogP contribution in [0.4, 0.5) is 0 Å². The first kappa shape index (κ1) is 14.2. The van der Waals surface area contributed by atoms with Crippen LogP contribution in [0.5, 0.6) is 0 Å². The van der Waals surface area contributed by atoms with Gasteiger partial charge in [0.1, 0.15) is 6.61 Å². The van der Waals surface area contributed by atoms with Gasteiger partial charge in [-0.2, -0.15) is 0 Å². The van der Waals surface area contributed by atoms with Crippen molar-refractivity contribution in [3.63, 3.8) is 0 Å². The molecule has 0 saturated carbocycles. The fourth-order valence-electron chi connectivity index (χ4n) is 1.93. The van der Waals surface area contributed by atoms with E-state index in [1.54, 1.807) is 0 Å². The predicted octanol–water partition coefficient (Wildman–Crippen LogP) is 2.79. The largest absolute Gasteiger partial charge is 0.465 e. The molecule has 0 unspecified atom stereocenters. The number of esters is 1. The highest BCUT2D eigenvalue weighted by atomic mass is 31.2. The Balaban J connectivity index is 1.63. The molecular weight excluding hydrogens is 255 g/mol. The fraction of sp³-hybridized carbons (Fsp3) is 0.917. The number of carbonyl (C=O) groups is 1. The van der Waals surface area contributed by atoms with Crippen LogP contribution >= 0.6 is 8.60 Å². The third-order valence-electron chi connectivity index (χ3n) is 3.20. The number of carbonyl (C=O) groups excluding carboxylic acids is 1. The van der Waals surface area contributed by atoms with E-state index < -0.39 is 8.60 Å². The number of hydrogen-bond acceptors (Lipinski definition) is 5. The van der Waals surface area contributed by atoms with Crippen molar-refractivity contribution in [2.24, 2.45) is 5.41 Å². The van der Waals surface area contributed by atoms with Gasteiger partial charge in [-0.25, -0.2) is 0 Å². The zero-order valence-corrected chi connectivity index (χ0v) is 11.7. The zero-order valence-electron chi connectivity index (χ0n) is 10.9. The molecule has 3 fully saturated rings. The topological polar surface area (TPSA) is 54.0 Å². The molecule has 2 bridgehead atoms. The van der Waals surface area contributed by atoms with Gasteiger partial charge < -0.3 is 18.3 Å². The summed E-state index contributed by atoms with van der Waals surface area (Å²) in [6.45, 7) is 4.20. The summed E-state index contributed by atoms with van der Waals surface area (Å²) < 4.78 is 21.4. The van der Waals surface area contributed by atoms with Crippen LogP contribution in [-0.4, -0.2) is 32.4 Å². The molecular formula is C12H21O5P. The highest BCUT2D eigenvalue weighted by Crippen LogP contribution is 2.53. The normalized spacial score (nSPS) is 30.4. The molecule has 0 aliphatic carbocycles. The highest BCUT2D eigenvalue weighted by Gasteiger charge is 2.45. The van der Waals surface area contributed by atoms with Crippen LogP contribution in [0.2, 0.25) is 0 Å². The second-order valence-electron chi connectivity index (χ2n) is 5.02. The Morgan fingerprint density at radius 1 is 1.17 bits per heavy atom. The summed E-state index contributed by atoms with van der Waals surface area (Å²) >= 11 is 0. The summed E-state index contributed by atoms with van der Waals surface area (Å²) in [6, 6.07) is 0. The monoisotopic (exact) mass is 276 g/mol. The van der Waals surface area contributed by atoms with Crippen LogP contribution in [0.3, 0.4) is 0 Å². The number of ether oxygens (including phenoxy) is 1. The van der Waals surface area contributed by atoms with Crippen LogP contribution < -0.4 is 0 Å². The molecule has 3 heterocycles. The first-order valence-electron chi connectivity index (χ1n) is 6.59. The number of fused-ring (bicyclic) bond motifs is 3. The smallest absolute Gasteiger partial charge is 0.332 e. The van der Waals surface area contributed by atoms with Gasteiger partial charge in [0.15, 0.2) is 0 Å². The molecule has 0 aromatic rings. The Bertz CT molecular complexity index is 262. The molecule has 0 amide bonds. The van der Waals surface area contributed by atoms with Crippen LogP contribution in [-0.2, 0) is 23.1 Å². The molecule has 3 rings (SSSR count). The van der Waals surface area contributed by atoms with Gasteiger partial charge in [-0.3, -0.25) is 4.79 Å². The molecule has 0 spiro atoms. The minimum Gasteiger partial charge on any atom is -0.465 e. The molecule has 18 heavy (non-hydrogen) atoms. The van der Waals surface area contributed by atoms with E-state index in [-0.39, 0.29) is 11.4 Å². The van der Waals surface area contributed by atoms with Crippen LogP contribution in [0.15, 0.2) is 0 Å². The minimum atomic E-state index is -1.12. The van der Waals surface area contributed by atoms with E-state index in [1.165, 1.54) is 12.8 Å².